The third-order valence-corrected chi connectivity index (χ3v) is 7.46. The highest BCUT2D eigenvalue weighted by Gasteiger charge is 2.27. The maximum absolute atomic E-state index is 12.5. The van der Waals surface area contributed by atoms with Gasteiger partial charge in [0.1, 0.15) is 0 Å². The number of rotatable bonds is 7. The summed E-state index contributed by atoms with van der Waals surface area (Å²) in [6.45, 7) is 4.88. The number of Topliss-reactive ketones (excluding diaryl/α,β-unsaturated/α-hetero) is 1. The van der Waals surface area contributed by atoms with Crippen molar-refractivity contribution in [1.82, 2.24) is 15.2 Å². The molecule has 8 nitrogen and oxygen atoms in total. The van der Waals surface area contributed by atoms with Crippen molar-refractivity contribution in [3.8, 4) is 0 Å². The number of carbonyl (C=O) groups is 3. The summed E-state index contributed by atoms with van der Waals surface area (Å²) in [5, 5.41) is 0. The average Bonchev–Trinajstić information content (AvgIpc) is 3.33. The third kappa shape index (κ3) is 5.60. The van der Waals surface area contributed by atoms with Crippen molar-refractivity contribution in [2.45, 2.75) is 44.4 Å². The predicted molar refractivity (Wildman–Crippen MR) is 120 cm³/mol. The molecule has 1 heterocycles. The quantitative estimate of drug-likeness (QED) is 0.490. The zero-order valence-electron chi connectivity index (χ0n) is 18.2. The predicted octanol–water partition coefficient (Wildman–Crippen LogP) is 2.51. The SMILES string of the molecule is Cc1ccc(C(=O)CCC(=O)NNC(=O)c2ccc(S(=O)(=O)N3CCCC3)cc2)cc1C. The van der Waals surface area contributed by atoms with Gasteiger partial charge in [-0.2, -0.15) is 4.31 Å². The Morgan fingerprint density at radius 2 is 1.47 bits per heavy atom. The van der Waals surface area contributed by atoms with Crippen molar-refractivity contribution in [1.29, 1.82) is 0 Å². The van der Waals surface area contributed by atoms with E-state index in [1.807, 2.05) is 19.9 Å². The standard InChI is InChI=1S/C23H27N3O5S/c1-16-5-6-19(15-17(16)2)21(27)11-12-22(28)24-25-23(29)18-7-9-20(10-8-18)32(30,31)26-13-3-4-14-26/h5-10,15H,3-4,11-14H2,1-2H3,(H,24,28)(H,25,29). The van der Waals surface area contributed by atoms with Crippen LogP contribution in [0.4, 0.5) is 0 Å². The van der Waals surface area contributed by atoms with E-state index in [-0.39, 0.29) is 29.1 Å². The number of amides is 2. The number of carbonyl (C=O) groups excluding carboxylic acids is 3. The lowest BCUT2D eigenvalue weighted by Crippen LogP contribution is -2.41. The molecule has 170 valence electrons. The van der Waals surface area contributed by atoms with Gasteiger partial charge in [0.05, 0.1) is 4.90 Å². The molecule has 0 saturated carbocycles. The second-order valence-corrected chi connectivity index (χ2v) is 9.80. The number of ketones is 1. The smallest absolute Gasteiger partial charge is 0.269 e. The molecule has 2 aromatic carbocycles. The summed E-state index contributed by atoms with van der Waals surface area (Å²) in [5.74, 6) is -1.22. The van der Waals surface area contributed by atoms with Crippen molar-refractivity contribution < 1.29 is 22.8 Å². The van der Waals surface area contributed by atoms with Crippen molar-refractivity contribution in [2.24, 2.45) is 0 Å². The van der Waals surface area contributed by atoms with Gasteiger partial charge < -0.3 is 0 Å². The minimum atomic E-state index is -3.55. The van der Waals surface area contributed by atoms with Crippen LogP contribution in [0.15, 0.2) is 47.4 Å². The Morgan fingerprint density at radius 1 is 0.844 bits per heavy atom. The molecular weight excluding hydrogens is 430 g/mol. The van der Waals surface area contributed by atoms with E-state index in [0.717, 1.165) is 24.0 Å². The number of benzene rings is 2. The molecular formula is C23H27N3O5S. The summed E-state index contributed by atoms with van der Waals surface area (Å²) < 4.78 is 26.5. The second-order valence-electron chi connectivity index (χ2n) is 7.86. The van der Waals surface area contributed by atoms with E-state index >= 15 is 0 Å². The molecule has 9 heteroatoms. The lowest BCUT2D eigenvalue weighted by molar-refractivity contribution is -0.121. The minimum absolute atomic E-state index is 0.0211. The van der Waals surface area contributed by atoms with E-state index in [1.54, 1.807) is 12.1 Å². The van der Waals surface area contributed by atoms with Gasteiger partial charge in [-0.25, -0.2) is 8.42 Å². The van der Waals surface area contributed by atoms with Gasteiger partial charge in [-0.3, -0.25) is 25.2 Å². The molecule has 2 N–H and O–H groups in total. The van der Waals surface area contributed by atoms with Gasteiger partial charge in [0.15, 0.2) is 5.78 Å². The van der Waals surface area contributed by atoms with Gasteiger partial charge >= 0.3 is 0 Å². The topological polar surface area (TPSA) is 113 Å². The number of nitrogens with zero attached hydrogens (tertiary/aromatic N) is 1. The summed E-state index contributed by atoms with van der Waals surface area (Å²) in [7, 11) is -3.55. The highest BCUT2D eigenvalue weighted by Crippen LogP contribution is 2.21. The van der Waals surface area contributed by atoms with Crippen LogP contribution in [-0.2, 0) is 14.8 Å². The molecule has 0 radical (unpaired) electrons. The van der Waals surface area contributed by atoms with E-state index in [2.05, 4.69) is 10.9 Å². The Morgan fingerprint density at radius 3 is 2.09 bits per heavy atom. The fourth-order valence-corrected chi connectivity index (χ4v) is 4.92. The molecule has 1 saturated heterocycles. The first kappa shape index (κ1) is 23.6. The van der Waals surface area contributed by atoms with Gasteiger partial charge in [-0.15, -0.1) is 0 Å². The molecule has 0 spiro atoms. The minimum Gasteiger partial charge on any atom is -0.294 e. The molecule has 0 bridgehead atoms. The first-order chi connectivity index (χ1) is 15.2. The van der Waals surface area contributed by atoms with E-state index < -0.39 is 21.8 Å². The summed E-state index contributed by atoms with van der Waals surface area (Å²) in [6.07, 6.45) is 1.64. The average molecular weight is 458 g/mol. The molecule has 3 rings (SSSR count). The Labute approximate surface area is 188 Å². The van der Waals surface area contributed by atoms with Crippen molar-refractivity contribution in [2.75, 3.05) is 13.1 Å². The Hall–Kier alpha value is -3.04. The highest BCUT2D eigenvalue weighted by molar-refractivity contribution is 7.89. The number of aryl methyl sites for hydroxylation is 2. The van der Waals surface area contributed by atoms with E-state index in [4.69, 9.17) is 0 Å². The zero-order valence-corrected chi connectivity index (χ0v) is 19.0. The number of sulfonamides is 1. The molecule has 1 aliphatic rings. The molecule has 0 atom stereocenters. The molecule has 0 unspecified atom stereocenters. The lowest BCUT2D eigenvalue weighted by atomic mass is 10.0. The summed E-state index contributed by atoms with van der Waals surface area (Å²) >= 11 is 0. The van der Waals surface area contributed by atoms with Crippen LogP contribution in [-0.4, -0.2) is 43.4 Å². The second kappa shape index (κ2) is 10.1. The molecule has 0 aliphatic carbocycles. The van der Waals surface area contributed by atoms with Crippen LogP contribution in [0.25, 0.3) is 0 Å². The third-order valence-electron chi connectivity index (χ3n) is 5.54. The van der Waals surface area contributed by atoms with Gasteiger partial charge in [0, 0.05) is 37.1 Å². The van der Waals surface area contributed by atoms with Crippen molar-refractivity contribution in [3.05, 3.63) is 64.7 Å². The van der Waals surface area contributed by atoms with Crippen LogP contribution in [0.2, 0.25) is 0 Å². The van der Waals surface area contributed by atoms with Crippen LogP contribution in [0.5, 0.6) is 0 Å². The molecule has 2 aromatic rings. The van der Waals surface area contributed by atoms with Crippen LogP contribution < -0.4 is 10.9 Å². The molecule has 1 aliphatic heterocycles. The van der Waals surface area contributed by atoms with Gasteiger partial charge in [-0.1, -0.05) is 12.1 Å². The molecule has 1 fully saturated rings. The normalized spacial score (nSPS) is 14.2. The Bertz CT molecular complexity index is 1120. The van der Waals surface area contributed by atoms with Gasteiger partial charge in [0.2, 0.25) is 15.9 Å². The largest absolute Gasteiger partial charge is 0.294 e. The first-order valence-electron chi connectivity index (χ1n) is 10.5. The van der Waals surface area contributed by atoms with E-state index in [9.17, 15) is 22.8 Å². The zero-order chi connectivity index (χ0) is 23.3. The van der Waals surface area contributed by atoms with Crippen molar-refractivity contribution >= 4 is 27.6 Å². The maximum Gasteiger partial charge on any atom is 0.269 e. The van der Waals surface area contributed by atoms with Crippen LogP contribution in [0.3, 0.4) is 0 Å². The van der Waals surface area contributed by atoms with Crippen molar-refractivity contribution in [3.63, 3.8) is 0 Å². The maximum atomic E-state index is 12.5. The van der Waals surface area contributed by atoms with Gasteiger partial charge in [-0.05, 0) is 68.1 Å². The molecule has 2 amide bonds. The molecule has 32 heavy (non-hydrogen) atoms. The monoisotopic (exact) mass is 457 g/mol. The number of hydrazine groups is 1. The summed E-state index contributed by atoms with van der Waals surface area (Å²) in [4.78, 5) is 36.6. The number of hydrogen-bond donors (Lipinski definition) is 2. The fraction of sp³-hybridized carbons (Fsp3) is 0.348. The number of nitrogens with one attached hydrogen (secondary N) is 2. The van der Waals surface area contributed by atoms with Crippen LogP contribution in [0, 0.1) is 13.8 Å². The highest BCUT2D eigenvalue weighted by atomic mass is 32.2. The van der Waals surface area contributed by atoms with Crippen LogP contribution >= 0.6 is 0 Å². The Kier molecular flexibility index (Phi) is 7.42. The van der Waals surface area contributed by atoms with E-state index in [0.29, 0.717) is 18.7 Å². The summed E-state index contributed by atoms with van der Waals surface area (Å²) in [5.41, 5.74) is 7.41. The molecule has 0 aromatic heterocycles. The van der Waals surface area contributed by atoms with E-state index in [1.165, 1.54) is 28.6 Å². The number of hydrogen-bond acceptors (Lipinski definition) is 5. The van der Waals surface area contributed by atoms with Gasteiger partial charge in [0.25, 0.3) is 5.91 Å². The van der Waals surface area contributed by atoms with Crippen LogP contribution in [0.1, 0.15) is 57.5 Å². The lowest BCUT2D eigenvalue weighted by Gasteiger charge is -2.15. The Balaban J connectivity index is 1.49. The fourth-order valence-electron chi connectivity index (χ4n) is 3.40. The summed E-state index contributed by atoms with van der Waals surface area (Å²) in [6, 6.07) is 11.0. The first-order valence-corrected chi connectivity index (χ1v) is 11.9.